The van der Waals surface area contributed by atoms with E-state index in [0.29, 0.717) is 18.7 Å². The first kappa shape index (κ1) is 17.0. The Morgan fingerprint density at radius 1 is 1.26 bits per heavy atom. The minimum atomic E-state index is -0.129. The van der Waals surface area contributed by atoms with E-state index in [9.17, 15) is 9.59 Å². The molecule has 1 heterocycles. The molecule has 0 atom stereocenters. The number of hydrogen-bond acceptors (Lipinski definition) is 3. The summed E-state index contributed by atoms with van der Waals surface area (Å²) >= 11 is 3.31. The molecular formula is C17H16BrN3O2. The Morgan fingerprint density at radius 2 is 1.96 bits per heavy atom. The van der Waals surface area contributed by atoms with Crippen molar-refractivity contribution in [2.75, 3.05) is 7.05 Å². The zero-order chi connectivity index (χ0) is 16.8. The highest BCUT2D eigenvalue weighted by Gasteiger charge is 2.10. The van der Waals surface area contributed by atoms with E-state index < -0.39 is 0 Å². The lowest BCUT2D eigenvalue weighted by Gasteiger charge is -2.17. The van der Waals surface area contributed by atoms with Gasteiger partial charge in [-0.25, -0.2) is 0 Å². The summed E-state index contributed by atoms with van der Waals surface area (Å²) in [6.45, 7) is 0.812. The molecule has 0 fully saturated rings. The number of hydrogen-bond donors (Lipinski definition) is 0. The van der Waals surface area contributed by atoms with Gasteiger partial charge < -0.3 is 9.47 Å². The number of amides is 1. The van der Waals surface area contributed by atoms with Gasteiger partial charge in [0.15, 0.2) is 0 Å². The first-order valence-electron chi connectivity index (χ1n) is 7.08. The highest BCUT2D eigenvalue weighted by Crippen LogP contribution is 2.08. The lowest BCUT2D eigenvalue weighted by atomic mass is 10.1. The van der Waals surface area contributed by atoms with Crippen LogP contribution in [0.5, 0.6) is 0 Å². The average Bonchev–Trinajstić information content (AvgIpc) is 2.56. The monoisotopic (exact) mass is 373 g/mol. The Kier molecular flexibility index (Phi) is 5.72. The number of aromatic nitrogens is 1. The molecule has 0 saturated carbocycles. The fourth-order valence-electron chi connectivity index (χ4n) is 2.13. The predicted octanol–water partition coefficient (Wildman–Crippen LogP) is 2.53. The fourth-order valence-corrected chi connectivity index (χ4v) is 2.51. The summed E-state index contributed by atoms with van der Waals surface area (Å²) in [5, 5.41) is 8.77. The van der Waals surface area contributed by atoms with Gasteiger partial charge in [-0.2, -0.15) is 5.26 Å². The Labute approximate surface area is 142 Å². The largest absolute Gasteiger partial charge is 0.341 e. The van der Waals surface area contributed by atoms with Gasteiger partial charge in [0.25, 0.3) is 5.56 Å². The molecule has 118 valence electrons. The summed E-state index contributed by atoms with van der Waals surface area (Å²) in [6, 6.07) is 12.3. The first-order valence-corrected chi connectivity index (χ1v) is 7.88. The maximum atomic E-state index is 12.2. The van der Waals surface area contributed by atoms with Crippen LogP contribution < -0.4 is 5.56 Å². The highest BCUT2D eigenvalue weighted by atomic mass is 79.9. The molecular weight excluding hydrogens is 358 g/mol. The molecule has 1 aromatic heterocycles. The van der Waals surface area contributed by atoms with Crippen LogP contribution in [0, 0.1) is 11.3 Å². The molecule has 0 unspecified atom stereocenters. The summed E-state index contributed by atoms with van der Waals surface area (Å²) in [4.78, 5) is 25.5. The molecule has 2 rings (SSSR count). The number of halogens is 1. The van der Waals surface area contributed by atoms with Crippen LogP contribution in [-0.4, -0.2) is 22.4 Å². The van der Waals surface area contributed by atoms with Gasteiger partial charge in [0, 0.05) is 43.3 Å². The average molecular weight is 374 g/mol. The Morgan fingerprint density at radius 3 is 2.61 bits per heavy atom. The lowest BCUT2D eigenvalue weighted by molar-refractivity contribution is -0.130. The Bertz CT molecular complexity index is 791. The summed E-state index contributed by atoms with van der Waals surface area (Å²) in [6.07, 6.45) is 1.93. The quantitative estimate of drug-likeness (QED) is 0.808. The van der Waals surface area contributed by atoms with E-state index >= 15 is 0 Å². The summed E-state index contributed by atoms with van der Waals surface area (Å²) in [5.74, 6) is -0.0405. The van der Waals surface area contributed by atoms with Gasteiger partial charge in [-0.05, 0) is 39.7 Å². The van der Waals surface area contributed by atoms with Crippen molar-refractivity contribution in [1.82, 2.24) is 9.47 Å². The van der Waals surface area contributed by atoms with Crippen LogP contribution in [0.15, 0.2) is 51.9 Å². The number of nitriles is 1. The van der Waals surface area contributed by atoms with Crippen molar-refractivity contribution in [3.63, 3.8) is 0 Å². The number of pyridine rings is 1. The van der Waals surface area contributed by atoms with E-state index in [0.717, 1.165) is 10.0 Å². The van der Waals surface area contributed by atoms with E-state index in [4.69, 9.17) is 5.26 Å². The molecule has 1 aromatic carbocycles. The molecule has 23 heavy (non-hydrogen) atoms. The van der Waals surface area contributed by atoms with E-state index in [1.165, 1.54) is 10.6 Å². The van der Waals surface area contributed by atoms with Crippen LogP contribution >= 0.6 is 15.9 Å². The van der Waals surface area contributed by atoms with Gasteiger partial charge in [0.1, 0.15) is 0 Å². The van der Waals surface area contributed by atoms with Crippen molar-refractivity contribution in [3.05, 3.63) is 68.5 Å². The van der Waals surface area contributed by atoms with Gasteiger partial charge in [-0.3, -0.25) is 9.59 Å². The topological polar surface area (TPSA) is 66.1 Å². The second-order valence-electron chi connectivity index (χ2n) is 5.19. The van der Waals surface area contributed by atoms with E-state index in [1.54, 1.807) is 36.3 Å². The molecule has 0 aliphatic carbocycles. The molecule has 0 saturated heterocycles. The minimum absolute atomic E-state index is 0.0405. The number of nitrogens with zero attached hydrogens (tertiary/aromatic N) is 3. The Hall–Kier alpha value is -2.39. The molecule has 0 aliphatic heterocycles. The molecule has 2 aromatic rings. The van der Waals surface area contributed by atoms with Crippen LogP contribution in [0.1, 0.15) is 17.5 Å². The third kappa shape index (κ3) is 4.80. The predicted molar refractivity (Wildman–Crippen MR) is 90.7 cm³/mol. The number of aryl methyl sites for hydroxylation is 1. The van der Waals surface area contributed by atoms with Crippen LogP contribution in [0.2, 0.25) is 0 Å². The molecule has 0 aliphatic rings. The van der Waals surface area contributed by atoms with E-state index in [-0.39, 0.29) is 17.9 Å². The number of rotatable bonds is 5. The normalized spacial score (nSPS) is 10.1. The van der Waals surface area contributed by atoms with Crippen LogP contribution in [0.4, 0.5) is 0 Å². The van der Waals surface area contributed by atoms with Crippen molar-refractivity contribution in [3.8, 4) is 6.07 Å². The van der Waals surface area contributed by atoms with Gasteiger partial charge in [0.2, 0.25) is 5.91 Å². The molecule has 0 bridgehead atoms. The van der Waals surface area contributed by atoms with E-state index in [2.05, 4.69) is 22.0 Å². The van der Waals surface area contributed by atoms with Crippen molar-refractivity contribution < 1.29 is 4.79 Å². The second-order valence-corrected chi connectivity index (χ2v) is 6.10. The fraction of sp³-hybridized carbons (Fsp3) is 0.235. The number of carbonyl (C=O) groups excluding carboxylic acids is 1. The molecule has 0 spiro atoms. The molecule has 5 nitrogen and oxygen atoms in total. The van der Waals surface area contributed by atoms with Gasteiger partial charge >= 0.3 is 0 Å². The van der Waals surface area contributed by atoms with Crippen molar-refractivity contribution in [2.45, 2.75) is 19.5 Å². The molecule has 1 amide bonds. The third-order valence-electron chi connectivity index (χ3n) is 3.44. The lowest BCUT2D eigenvalue weighted by Crippen LogP contribution is -2.28. The maximum Gasteiger partial charge on any atom is 0.250 e. The van der Waals surface area contributed by atoms with Gasteiger partial charge in [0.05, 0.1) is 11.6 Å². The van der Waals surface area contributed by atoms with Crippen molar-refractivity contribution in [1.29, 1.82) is 5.26 Å². The maximum absolute atomic E-state index is 12.2. The zero-order valence-electron chi connectivity index (χ0n) is 12.7. The van der Waals surface area contributed by atoms with Gasteiger partial charge in [-0.15, -0.1) is 0 Å². The standard InChI is InChI=1S/C17H16BrN3O2/c1-20(11-14-4-2-13(10-19)3-5-14)16(22)8-9-21-12-15(18)6-7-17(21)23/h2-7,12H,8-9,11H2,1H3. The minimum Gasteiger partial charge on any atom is -0.341 e. The van der Waals surface area contributed by atoms with Gasteiger partial charge in [-0.1, -0.05) is 12.1 Å². The van der Waals surface area contributed by atoms with E-state index in [1.807, 2.05) is 12.1 Å². The summed E-state index contributed by atoms with van der Waals surface area (Å²) in [7, 11) is 1.73. The SMILES string of the molecule is CN(Cc1ccc(C#N)cc1)C(=O)CCn1cc(Br)ccc1=O. The second kappa shape index (κ2) is 7.75. The smallest absolute Gasteiger partial charge is 0.250 e. The van der Waals surface area contributed by atoms with Crippen LogP contribution in [0.25, 0.3) is 0 Å². The Balaban J connectivity index is 1.93. The summed E-state index contributed by atoms with van der Waals surface area (Å²) in [5.41, 5.74) is 1.42. The molecule has 0 N–H and O–H groups in total. The molecule has 6 heteroatoms. The van der Waals surface area contributed by atoms with Crippen LogP contribution in [-0.2, 0) is 17.9 Å². The highest BCUT2D eigenvalue weighted by molar-refractivity contribution is 9.10. The number of benzene rings is 1. The first-order chi connectivity index (χ1) is 11.0. The number of carbonyl (C=O) groups is 1. The van der Waals surface area contributed by atoms with Crippen molar-refractivity contribution in [2.24, 2.45) is 0 Å². The third-order valence-corrected chi connectivity index (χ3v) is 3.91. The molecule has 0 radical (unpaired) electrons. The van der Waals surface area contributed by atoms with Crippen LogP contribution in [0.3, 0.4) is 0 Å². The summed E-state index contributed by atoms with van der Waals surface area (Å²) < 4.78 is 2.31. The zero-order valence-corrected chi connectivity index (χ0v) is 14.3. The van der Waals surface area contributed by atoms with Crippen molar-refractivity contribution >= 4 is 21.8 Å².